The Balaban J connectivity index is 1.77. The van der Waals surface area contributed by atoms with Crippen LogP contribution in [-0.4, -0.2) is 43.8 Å². The molecule has 1 aromatic rings. The first-order chi connectivity index (χ1) is 11.4. The van der Waals surface area contributed by atoms with Crippen LogP contribution in [0.25, 0.3) is 0 Å². The standard InChI is InChI=1S/C18H32N4OS/c1-13-11-21-15(24-13)8-9-20-17(19-5)22-12-14-7-6-10-23-16(14)18(2,3)4/h11,14,16H,6-10,12H2,1-5H3,(H2,19,20,22). The summed E-state index contributed by atoms with van der Waals surface area (Å²) < 4.78 is 6.06. The van der Waals surface area contributed by atoms with Crippen LogP contribution in [0.1, 0.15) is 43.5 Å². The minimum atomic E-state index is 0.173. The molecule has 24 heavy (non-hydrogen) atoms. The summed E-state index contributed by atoms with van der Waals surface area (Å²) in [6.07, 6.45) is 5.52. The second kappa shape index (κ2) is 8.81. The zero-order chi connectivity index (χ0) is 17.6. The molecule has 0 saturated carbocycles. The number of aryl methyl sites for hydroxylation is 1. The molecular formula is C18H32N4OS. The van der Waals surface area contributed by atoms with Gasteiger partial charge in [-0.25, -0.2) is 4.98 Å². The average molecular weight is 353 g/mol. The lowest BCUT2D eigenvalue weighted by atomic mass is 9.78. The van der Waals surface area contributed by atoms with Gasteiger partial charge in [-0.1, -0.05) is 20.8 Å². The van der Waals surface area contributed by atoms with E-state index in [2.05, 4.69) is 48.3 Å². The van der Waals surface area contributed by atoms with Gasteiger partial charge in [-0.15, -0.1) is 11.3 Å². The van der Waals surface area contributed by atoms with Crippen molar-refractivity contribution in [3.05, 3.63) is 16.1 Å². The summed E-state index contributed by atoms with van der Waals surface area (Å²) in [6, 6.07) is 0. The molecule has 2 atom stereocenters. The van der Waals surface area contributed by atoms with Crippen LogP contribution >= 0.6 is 11.3 Å². The number of nitrogens with zero attached hydrogens (tertiary/aromatic N) is 2. The third-order valence-corrected chi connectivity index (χ3v) is 5.33. The predicted octanol–water partition coefficient (Wildman–Crippen LogP) is 3.00. The number of aromatic nitrogens is 1. The highest BCUT2D eigenvalue weighted by Crippen LogP contribution is 2.33. The lowest BCUT2D eigenvalue weighted by molar-refractivity contribution is -0.0835. The molecule has 1 fully saturated rings. The van der Waals surface area contributed by atoms with Crippen molar-refractivity contribution in [2.75, 3.05) is 26.7 Å². The molecule has 6 heteroatoms. The van der Waals surface area contributed by atoms with Crippen molar-refractivity contribution in [1.82, 2.24) is 15.6 Å². The number of thiazole rings is 1. The first-order valence-corrected chi connectivity index (χ1v) is 9.69. The van der Waals surface area contributed by atoms with Gasteiger partial charge in [0.05, 0.1) is 11.1 Å². The van der Waals surface area contributed by atoms with Crippen molar-refractivity contribution in [1.29, 1.82) is 0 Å². The zero-order valence-electron chi connectivity index (χ0n) is 15.7. The Hall–Kier alpha value is -1.14. The summed E-state index contributed by atoms with van der Waals surface area (Å²) >= 11 is 1.76. The monoisotopic (exact) mass is 352 g/mol. The molecule has 0 amide bonds. The van der Waals surface area contributed by atoms with Gasteiger partial charge in [-0.05, 0) is 25.2 Å². The highest BCUT2D eigenvalue weighted by atomic mass is 32.1. The summed E-state index contributed by atoms with van der Waals surface area (Å²) in [7, 11) is 1.82. The zero-order valence-corrected chi connectivity index (χ0v) is 16.5. The van der Waals surface area contributed by atoms with Crippen LogP contribution < -0.4 is 10.6 Å². The molecule has 0 bridgehead atoms. The van der Waals surface area contributed by atoms with Gasteiger partial charge in [-0.3, -0.25) is 4.99 Å². The Morgan fingerprint density at radius 3 is 2.83 bits per heavy atom. The summed E-state index contributed by atoms with van der Waals surface area (Å²) in [5.74, 6) is 1.39. The third-order valence-electron chi connectivity index (χ3n) is 4.35. The largest absolute Gasteiger partial charge is 0.377 e. The fourth-order valence-corrected chi connectivity index (χ4v) is 4.05. The minimum absolute atomic E-state index is 0.173. The van der Waals surface area contributed by atoms with E-state index in [9.17, 15) is 0 Å². The van der Waals surface area contributed by atoms with Gasteiger partial charge in [0, 0.05) is 50.2 Å². The Morgan fingerprint density at radius 1 is 1.42 bits per heavy atom. The predicted molar refractivity (Wildman–Crippen MR) is 102 cm³/mol. The van der Waals surface area contributed by atoms with Crippen LogP contribution in [0.5, 0.6) is 0 Å². The lowest BCUT2D eigenvalue weighted by Gasteiger charge is -2.40. The number of aliphatic imine (C=N–C) groups is 1. The van der Waals surface area contributed by atoms with Crippen LogP contribution in [0.3, 0.4) is 0 Å². The van der Waals surface area contributed by atoms with Crippen LogP contribution in [0.4, 0.5) is 0 Å². The van der Waals surface area contributed by atoms with Gasteiger partial charge in [0.1, 0.15) is 0 Å². The molecule has 2 rings (SSSR count). The van der Waals surface area contributed by atoms with E-state index < -0.39 is 0 Å². The first kappa shape index (κ1) is 19.2. The molecule has 0 aliphatic carbocycles. The minimum Gasteiger partial charge on any atom is -0.377 e. The molecule has 1 aliphatic rings. The highest BCUT2D eigenvalue weighted by Gasteiger charge is 2.35. The van der Waals surface area contributed by atoms with Gasteiger partial charge >= 0.3 is 0 Å². The van der Waals surface area contributed by atoms with E-state index in [1.807, 2.05) is 13.2 Å². The number of rotatable bonds is 5. The molecule has 2 N–H and O–H groups in total. The molecular weight excluding hydrogens is 320 g/mol. The van der Waals surface area contributed by atoms with Gasteiger partial charge < -0.3 is 15.4 Å². The maximum absolute atomic E-state index is 6.06. The maximum atomic E-state index is 6.06. The van der Waals surface area contributed by atoms with Crippen LogP contribution in [0.2, 0.25) is 0 Å². The first-order valence-electron chi connectivity index (χ1n) is 8.87. The van der Waals surface area contributed by atoms with Crippen molar-refractivity contribution < 1.29 is 4.74 Å². The molecule has 0 radical (unpaired) electrons. The smallest absolute Gasteiger partial charge is 0.191 e. The molecule has 2 heterocycles. The second-order valence-corrected chi connectivity index (χ2v) is 8.87. The summed E-state index contributed by atoms with van der Waals surface area (Å²) in [5.41, 5.74) is 0.173. The third kappa shape index (κ3) is 5.74. The number of nitrogens with one attached hydrogen (secondary N) is 2. The molecule has 2 unspecified atom stereocenters. The van der Waals surface area contributed by atoms with E-state index >= 15 is 0 Å². The van der Waals surface area contributed by atoms with Crippen LogP contribution in [-0.2, 0) is 11.2 Å². The normalized spacial score (nSPS) is 22.5. The highest BCUT2D eigenvalue weighted by molar-refractivity contribution is 7.11. The average Bonchev–Trinajstić information content (AvgIpc) is 2.95. The number of ether oxygens (including phenoxy) is 1. The fraction of sp³-hybridized carbons (Fsp3) is 0.778. The van der Waals surface area contributed by atoms with E-state index in [4.69, 9.17) is 4.74 Å². The molecule has 0 aromatic carbocycles. The quantitative estimate of drug-likeness (QED) is 0.632. The number of hydrogen-bond donors (Lipinski definition) is 2. The number of guanidine groups is 1. The number of hydrogen-bond acceptors (Lipinski definition) is 4. The van der Waals surface area contributed by atoms with Gasteiger partial charge in [0.15, 0.2) is 5.96 Å². The molecule has 136 valence electrons. The summed E-state index contributed by atoms with van der Waals surface area (Å²) in [6.45, 7) is 11.5. The molecule has 5 nitrogen and oxygen atoms in total. The topological polar surface area (TPSA) is 58.5 Å². The maximum Gasteiger partial charge on any atom is 0.191 e. The van der Waals surface area contributed by atoms with E-state index in [1.165, 1.54) is 16.3 Å². The Morgan fingerprint density at radius 2 is 2.21 bits per heavy atom. The van der Waals surface area contributed by atoms with Gasteiger partial charge in [-0.2, -0.15) is 0 Å². The molecule has 1 aliphatic heterocycles. The molecule has 1 aromatic heterocycles. The van der Waals surface area contributed by atoms with E-state index in [0.717, 1.165) is 38.5 Å². The summed E-state index contributed by atoms with van der Waals surface area (Å²) in [5, 5.41) is 8.03. The van der Waals surface area contributed by atoms with Crippen molar-refractivity contribution in [3.8, 4) is 0 Å². The molecule has 0 spiro atoms. The van der Waals surface area contributed by atoms with Crippen molar-refractivity contribution >= 4 is 17.3 Å². The van der Waals surface area contributed by atoms with Gasteiger partial charge in [0.2, 0.25) is 0 Å². The van der Waals surface area contributed by atoms with E-state index in [-0.39, 0.29) is 5.41 Å². The Labute approximate surface area is 150 Å². The SMILES string of the molecule is CN=C(NCCc1ncc(C)s1)NCC1CCCOC1C(C)(C)C. The fourth-order valence-electron chi connectivity index (χ4n) is 3.26. The van der Waals surface area contributed by atoms with Crippen molar-refractivity contribution in [2.45, 2.75) is 53.1 Å². The second-order valence-electron chi connectivity index (χ2n) is 7.55. The Kier molecular flexibility index (Phi) is 7.04. The Bertz CT molecular complexity index is 535. The van der Waals surface area contributed by atoms with Crippen molar-refractivity contribution in [2.24, 2.45) is 16.3 Å². The lowest BCUT2D eigenvalue weighted by Crippen LogP contribution is -2.47. The summed E-state index contributed by atoms with van der Waals surface area (Å²) in [4.78, 5) is 9.99. The van der Waals surface area contributed by atoms with Gasteiger partial charge in [0.25, 0.3) is 0 Å². The van der Waals surface area contributed by atoms with E-state index in [0.29, 0.717) is 12.0 Å². The van der Waals surface area contributed by atoms with Crippen LogP contribution in [0, 0.1) is 18.3 Å². The van der Waals surface area contributed by atoms with Crippen LogP contribution in [0.15, 0.2) is 11.2 Å². The van der Waals surface area contributed by atoms with E-state index in [1.54, 1.807) is 11.3 Å². The molecule has 1 saturated heterocycles. The van der Waals surface area contributed by atoms with Crippen molar-refractivity contribution in [3.63, 3.8) is 0 Å².